The smallest absolute Gasteiger partial charge is 0.236 e. The van der Waals surface area contributed by atoms with Crippen LogP contribution in [0.25, 0.3) is 0 Å². The largest absolute Gasteiger partial charge is 0.344 e. The van der Waals surface area contributed by atoms with E-state index in [2.05, 4.69) is 4.90 Å². The number of nitriles is 1. The van der Waals surface area contributed by atoms with E-state index in [0.29, 0.717) is 19.5 Å². The second-order valence-corrected chi connectivity index (χ2v) is 4.47. The van der Waals surface area contributed by atoms with Gasteiger partial charge in [-0.25, -0.2) is 0 Å². The molecule has 1 aliphatic heterocycles. The Hall–Kier alpha value is -1.41. The van der Waals surface area contributed by atoms with E-state index in [1.54, 1.807) is 11.9 Å². The van der Waals surface area contributed by atoms with E-state index in [0.717, 1.165) is 32.2 Å². The van der Waals surface area contributed by atoms with Gasteiger partial charge >= 0.3 is 0 Å². The molecule has 0 aromatic rings. The molecule has 5 heteroatoms. The Balaban J connectivity index is 2.27. The molecule has 1 fully saturated rings. The van der Waals surface area contributed by atoms with Crippen LogP contribution in [0.3, 0.4) is 0 Å². The fourth-order valence-electron chi connectivity index (χ4n) is 1.90. The lowest BCUT2D eigenvalue weighted by molar-refractivity contribution is -0.131. The maximum absolute atomic E-state index is 11.8. The third-order valence-electron chi connectivity index (χ3n) is 3.17. The molecule has 17 heavy (non-hydrogen) atoms. The molecule has 0 N–H and O–H groups in total. The van der Waals surface area contributed by atoms with Gasteiger partial charge in [0.25, 0.3) is 0 Å². The van der Waals surface area contributed by atoms with Crippen LogP contribution < -0.4 is 0 Å². The summed E-state index contributed by atoms with van der Waals surface area (Å²) >= 11 is 0. The fraction of sp³-hybridized carbons (Fsp3) is 0.750. The molecule has 1 amide bonds. The van der Waals surface area contributed by atoms with Gasteiger partial charge < -0.3 is 9.69 Å². The Bertz CT molecular complexity index is 303. The highest BCUT2D eigenvalue weighted by molar-refractivity contribution is 5.78. The molecule has 0 radical (unpaired) electrons. The number of aldehydes is 1. The maximum Gasteiger partial charge on any atom is 0.236 e. The van der Waals surface area contributed by atoms with Crippen LogP contribution in [0.15, 0.2) is 0 Å². The lowest BCUT2D eigenvalue weighted by Crippen LogP contribution is -2.42. The number of piperidine rings is 1. The van der Waals surface area contributed by atoms with Gasteiger partial charge in [0.05, 0.1) is 19.0 Å². The molecule has 0 aromatic carbocycles. The molecular weight excluding hydrogens is 218 g/mol. The van der Waals surface area contributed by atoms with Gasteiger partial charge in [0.2, 0.25) is 5.91 Å². The Morgan fingerprint density at radius 1 is 1.53 bits per heavy atom. The van der Waals surface area contributed by atoms with Crippen LogP contribution in [0, 0.1) is 17.2 Å². The Morgan fingerprint density at radius 3 is 2.71 bits per heavy atom. The number of hydrogen-bond acceptors (Lipinski definition) is 4. The van der Waals surface area contributed by atoms with Crippen LogP contribution in [-0.2, 0) is 9.59 Å². The van der Waals surface area contributed by atoms with Gasteiger partial charge in [0, 0.05) is 19.5 Å². The normalized spacial score (nSPS) is 17.4. The Labute approximate surface area is 102 Å². The van der Waals surface area contributed by atoms with Crippen molar-refractivity contribution >= 4 is 12.2 Å². The quantitative estimate of drug-likeness (QED) is 0.644. The third-order valence-corrected chi connectivity index (χ3v) is 3.17. The Kier molecular flexibility index (Phi) is 5.64. The summed E-state index contributed by atoms with van der Waals surface area (Å²) in [6.07, 6.45) is 3.07. The van der Waals surface area contributed by atoms with Gasteiger partial charge in [-0.2, -0.15) is 5.26 Å². The van der Waals surface area contributed by atoms with Crippen LogP contribution in [0.4, 0.5) is 0 Å². The molecule has 1 rings (SSSR count). The van der Waals surface area contributed by atoms with Crippen LogP contribution in [0.2, 0.25) is 0 Å². The maximum atomic E-state index is 11.8. The van der Waals surface area contributed by atoms with E-state index in [1.165, 1.54) is 0 Å². The summed E-state index contributed by atoms with van der Waals surface area (Å²) in [5, 5.41) is 8.44. The molecule has 1 saturated heterocycles. The van der Waals surface area contributed by atoms with E-state index >= 15 is 0 Å². The Morgan fingerprint density at radius 2 is 2.18 bits per heavy atom. The van der Waals surface area contributed by atoms with Gasteiger partial charge in [-0.05, 0) is 25.9 Å². The average Bonchev–Trinajstić information content (AvgIpc) is 2.36. The molecular formula is C12H19N3O2. The monoisotopic (exact) mass is 237 g/mol. The first-order valence-electron chi connectivity index (χ1n) is 5.96. The molecule has 0 bridgehead atoms. The first-order valence-corrected chi connectivity index (χ1v) is 5.96. The molecule has 0 aliphatic carbocycles. The predicted molar refractivity (Wildman–Crippen MR) is 63.1 cm³/mol. The zero-order chi connectivity index (χ0) is 12.7. The minimum absolute atomic E-state index is 0.0461. The summed E-state index contributed by atoms with van der Waals surface area (Å²) in [6.45, 7) is 2.50. The van der Waals surface area contributed by atoms with Crippen molar-refractivity contribution in [3.8, 4) is 6.07 Å². The van der Waals surface area contributed by atoms with E-state index in [4.69, 9.17) is 5.26 Å². The van der Waals surface area contributed by atoms with Crippen LogP contribution in [0.1, 0.15) is 19.3 Å². The number of carbonyl (C=O) groups is 2. The first-order chi connectivity index (χ1) is 8.17. The molecule has 0 spiro atoms. The number of hydrogen-bond donors (Lipinski definition) is 0. The van der Waals surface area contributed by atoms with E-state index in [-0.39, 0.29) is 11.8 Å². The number of rotatable bonds is 5. The highest BCUT2D eigenvalue weighted by Gasteiger charge is 2.21. The number of amides is 1. The summed E-state index contributed by atoms with van der Waals surface area (Å²) in [6, 6.07) is 2.02. The fourth-order valence-corrected chi connectivity index (χ4v) is 1.90. The van der Waals surface area contributed by atoms with E-state index < -0.39 is 0 Å². The van der Waals surface area contributed by atoms with Gasteiger partial charge in [-0.15, -0.1) is 0 Å². The molecule has 94 valence electrons. The third kappa shape index (κ3) is 4.53. The minimum atomic E-state index is 0.0461. The second kappa shape index (κ2) is 7.02. The van der Waals surface area contributed by atoms with Gasteiger partial charge in [-0.3, -0.25) is 9.69 Å². The summed E-state index contributed by atoms with van der Waals surface area (Å²) in [5.41, 5.74) is 0. The van der Waals surface area contributed by atoms with Gasteiger partial charge in [0.15, 0.2) is 0 Å². The van der Waals surface area contributed by atoms with Gasteiger partial charge in [0.1, 0.15) is 6.29 Å². The zero-order valence-corrected chi connectivity index (χ0v) is 10.3. The predicted octanol–water partition coefficient (Wildman–Crippen LogP) is 0.269. The lowest BCUT2D eigenvalue weighted by Gasteiger charge is -2.30. The minimum Gasteiger partial charge on any atom is -0.344 e. The second-order valence-electron chi connectivity index (χ2n) is 4.47. The first kappa shape index (κ1) is 13.7. The van der Waals surface area contributed by atoms with Crippen molar-refractivity contribution in [2.75, 3.05) is 33.2 Å². The molecule has 1 aliphatic rings. The highest BCUT2D eigenvalue weighted by Crippen LogP contribution is 2.14. The number of likely N-dealkylation sites (tertiary alicyclic amines) is 1. The van der Waals surface area contributed by atoms with Crippen molar-refractivity contribution in [3.05, 3.63) is 0 Å². The van der Waals surface area contributed by atoms with Crippen molar-refractivity contribution < 1.29 is 9.59 Å². The number of likely N-dealkylation sites (N-methyl/N-ethyl adjacent to an activating group) is 1. The van der Waals surface area contributed by atoms with Crippen LogP contribution in [0.5, 0.6) is 0 Å². The van der Waals surface area contributed by atoms with Crippen LogP contribution in [-0.4, -0.2) is 55.2 Å². The van der Waals surface area contributed by atoms with Crippen molar-refractivity contribution in [3.63, 3.8) is 0 Å². The summed E-state index contributed by atoms with van der Waals surface area (Å²) in [4.78, 5) is 26.0. The molecule has 0 atom stereocenters. The van der Waals surface area contributed by atoms with Crippen molar-refractivity contribution in [1.29, 1.82) is 5.26 Å². The molecule has 0 saturated carbocycles. The molecule has 0 aromatic heterocycles. The van der Waals surface area contributed by atoms with Crippen molar-refractivity contribution in [2.24, 2.45) is 5.92 Å². The molecule has 0 unspecified atom stereocenters. The summed E-state index contributed by atoms with van der Waals surface area (Å²) in [5.74, 6) is 0.211. The zero-order valence-electron chi connectivity index (χ0n) is 10.3. The van der Waals surface area contributed by atoms with E-state index in [9.17, 15) is 9.59 Å². The van der Waals surface area contributed by atoms with Crippen molar-refractivity contribution in [1.82, 2.24) is 9.80 Å². The topological polar surface area (TPSA) is 64.4 Å². The number of nitrogens with zero attached hydrogens (tertiary/aromatic N) is 3. The van der Waals surface area contributed by atoms with Crippen LogP contribution >= 0.6 is 0 Å². The summed E-state index contributed by atoms with van der Waals surface area (Å²) in [7, 11) is 1.72. The highest BCUT2D eigenvalue weighted by atomic mass is 16.2. The van der Waals surface area contributed by atoms with Crippen molar-refractivity contribution in [2.45, 2.75) is 19.3 Å². The van der Waals surface area contributed by atoms with E-state index in [1.807, 2.05) is 6.07 Å². The molecule has 1 heterocycles. The lowest BCUT2D eigenvalue weighted by atomic mass is 9.99. The summed E-state index contributed by atoms with van der Waals surface area (Å²) < 4.78 is 0. The molecule has 5 nitrogen and oxygen atoms in total. The standard InChI is InChI=1S/C12H19N3O2/c1-14(6-2-5-13)12(17)9-15-7-3-11(10-16)4-8-15/h10-11H,2-4,6-9H2,1H3. The SMILES string of the molecule is CN(CCC#N)C(=O)CN1CCC(C=O)CC1. The number of carbonyl (C=O) groups excluding carboxylic acids is 2. The van der Waals surface area contributed by atoms with Gasteiger partial charge in [-0.1, -0.05) is 0 Å². The average molecular weight is 237 g/mol.